The molecule has 1 fully saturated rings. The molecule has 1 amide bonds. The Bertz CT molecular complexity index is 1160. The van der Waals surface area contributed by atoms with Crippen LogP contribution in [-0.4, -0.2) is 66.0 Å². The Morgan fingerprint density at radius 3 is 2.50 bits per heavy atom. The number of guanidine groups is 1. The largest absolute Gasteiger partial charge is 0.370 e. The highest BCUT2D eigenvalue weighted by molar-refractivity contribution is 6.42. The smallest absolute Gasteiger partial charge is 0.227 e. The van der Waals surface area contributed by atoms with Crippen LogP contribution in [0.2, 0.25) is 10.0 Å². The fourth-order valence-electron chi connectivity index (χ4n) is 5.77. The first-order chi connectivity index (χ1) is 18.9. The molecule has 0 radical (unpaired) electrons. The summed E-state index contributed by atoms with van der Waals surface area (Å²) in [6, 6.07) is 12.2. The zero-order valence-electron chi connectivity index (χ0n) is 24.4. The summed E-state index contributed by atoms with van der Waals surface area (Å²) < 4.78 is 0. The number of rotatable bonds is 12. The molecule has 0 saturated carbocycles. The van der Waals surface area contributed by atoms with Gasteiger partial charge in [0.2, 0.25) is 5.91 Å². The van der Waals surface area contributed by atoms with Crippen molar-refractivity contribution in [3.8, 4) is 0 Å². The van der Waals surface area contributed by atoms with Gasteiger partial charge in [-0.05, 0) is 74.3 Å². The minimum atomic E-state index is -0.0218. The summed E-state index contributed by atoms with van der Waals surface area (Å²) in [5, 5.41) is 11.3. The van der Waals surface area contributed by atoms with Crippen LogP contribution in [0.15, 0.2) is 36.4 Å². The number of nitrogens with two attached hydrogens (primary N) is 2. The summed E-state index contributed by atoms with van der Waals surface area (Å²) in [7, 11) is 0. The van der Waals surface area contributed by atoms with Gasteiger partial charge in [-0.2, -0.15) is 0 Å². The van der Waals surface area contributed by atoms with Crippen molar-refractivity contribution in [2.24, 2.45) is 17.4 Å². The number of benzene rings is 2. The zero-order chi connectivity index (χ0) is 29.4. The van der Waals surface area contributed by atoms with E-state index in [1.807, 2.05) is 6.07 Å². The van der Waals surface area contributed by atoms with Crippen molar-refractivity contribution in [1.82, 2.24) is 15.1 Å². The molecule has 2 aromatic rings. The Hall–Kier alpha value is -2.32. The van der Waals surface area contributed by atoms with Gasteiger partial charge < -0.3 is 21.7 Å². The van der Waals surface area contributed by atoms with Gasteiger partial charge in [0.05, 0.1) is 16.5 Å². The molecule has 3 rings (SSSR count). The molecular weight excluding hydrogens is 543 g/mol. The molecule has 40 heavy (non-hydrogen) atoms. The van der Waals surface area contributed by atoms with Crippen LogP contribution in [0, 0.1) is 25.2 Å². The van der Waals surface area contributed by atoms with Crippen molar-refractivity contribution in [2.75, 3.05) is 26.2 Å². The molecule has 1 aliphatic heterocycles. The number of halogens is 2. The highest BCUT2D eigenvalue weighted by atomic mass is 35.5. The van der Waals surface area contributed by atoms with E-state index in [9.17, 15) is 4.79 Å². The van der Waals surface area contributed by atoms with E-state index in [1.54, 1.807) is 12.1 Å². The van der Waals surface area contributed by atoms with E-state index in [0.717, 1.165) is 44.3 Å². The lowest BCUT2D eigenvalue weighted by Crippen LogP contribution is -2.62. The molecule has 7 nitrogen and oxygen atoms in total. The number of nitrogens with one attached hydrogen (secondary N) is 2. The van der Waals surface area contributed by atoms with Crippen molar-refractivity contribution in [2.45, 2.75) is 77.9 Å². The van der Waals surface area contributed by atoms with Crippen LogP contribution in [0.5, 0.6) is 0 Å². The molecule has 1 aliphatic rings. The predicted octanol–water partition coefficient (Wildman–Crippen LogP) is 4.91. The normalized spacial score (nSPS) is 18.6. The van der Waals surface area contributed by atoms with Gasteiger partial charge in [-0.3, -0.25) is 15.1 Å². The minimum absolute atomic E-state index is 0.0163. The van der Waals surface area contributed by atoms with Gasteiger partial charge in [0, 0.05) is 44.3 Å². The molecule has 0 aromatic heterocycles. The number of aryl methyl sites for hydroxylation is 2. The number of carbonyl (C=O) groups is 1. The molecule has 1 heterocycles. The predicted molar refractivity (Wildman–Crippen MR) is 167 cm³/mol. The first kappa shape index (κ1) is 32.2. The number of amides is 1. The quantitative estimate of drug-likeness (QED) is 0.160. The van der Waals surface area contributed by atoms with Gasteiger partial charge in [0.15, 0.2) is 5.96 Å². The fraction of sp³-hybridized carbons (Fsp3) is 0.548. The third-order valence-corrected chi connectivity index (χ3v) is 8.43. The summed E-state index contributed by atoms with van der Waals surface area (Å²) in [6.45, 7) is 11.5. The molecule has 2 aromatic carbocycles. The molecule has 0 unspecified atom stereocenters. The first-order valence-corrected chi connectivity index (χ1v) is 15.1. The highest BCUT2D eigenvalue weighted by Crippen LogP contribution is 2.27. The van der Waals surface area contributed by atoms with Crippen LogP contribution in [0.1, 0.15) is 55.4 Å². The number of nitrogens with zero attached hydrogens (tertiary/aromatic N) is 2. The maximum Gasteiger partial charge on any atom is 0.227 e. The number of carbonyl (C=O) groups excluding carboxylic acids is 1. The molecule has 0 aliphatic carbocycles. The van der Waals surface area contributed by atoms with Gasteiger partial charge in [-0.1, -0.05) is 66.9 Å². The van der Waals surface area contributed by atoms with Crippen LogP contribution in [0.4, 0.5) is 0 Å². The van der Waals surface area contributed by atoms with Gasteiger partial charge in [0.25, 0.3) is 0 Å². The van der Waals surface area contributed by atoms with Crippen molar-refractivity contribution in [3.05, 3.63) is 68.7 Å². The van der Waals surface area contributed by atoms with Crippen LogP contribution in [-0.2, 0) is 17.6 Å². The molecule has 3 atom stereocenters. The Balaban J connectivity index is 1.78. The molecule has 9 heteroatoms. The molecule has 220 valence electrons. The number of hydrogen-bond acceptors (Lipinski definition) is 4. The average molecular weight is 590 g/mol. The van der Waals surface area contributed by atoms with E-state index in [4.69, 9.17) is 40.1 Å². The summed E-state index contributed by atoms with van der Waals surface area (Å²) in [5.74, 6) is 0.536. The molecule has 1 saturated heterocycles. The number of hydrogen-bond donors (Lipinski definition) is 4. The first-order valence-electron chi connectivity index (χ1n) is 14.3. The lowest BCUT2D eigenvalue weighted by Gasteiger charge is -2.48. The number of piperazine rings is 1. The minimum Gasteiger partial charge on any atom is -0.370 e. The Labute approximate surface area is 250 Å². The third-order valence-electron chi connectivity index (χ3n) is 7.69. The van der Waals surface area contributed by atoms with E-state index in [0.29, 0.717) is 29.1 Å². The van der Waals surface area contributed by atoms with Crippen LogP contribution in [0.3, 0.4) is 0 Å². The standard InChI is InChI=1S/C31H46Cl2N6O/c1-20(2)12-27-18-38(17-25(34)16-24-9-7-21(3)13-22(24)4)26(6-5-11-37-31(35)36)19-39(27)30(40)15-23-8-10-28(32)29(33)14-23/h7-10,13-14,20,25-27H,5-6,11-12,15-19,34H2,1-4H3,(H4,35,36,37)/t25-,26-,27+/m0/s1. The zero-order valence-corrected chi connectivity index (χ0v) is 25.9. The van der Waals surface area contributed by atoms with E-state index in [-0.39, 0.29) is 36.4 Å². The molecule has 0 spiro atoms. The maximum absolute atomic E-state index is 13.7. The Morgan fingerprint density at radius 1 is 1.10 bits per heavy atom. The van der Waals surface area contributed by atoms with Gasteiger partial charge in [-0.15, -0.1) is 0 Å². The van der Waals surface area contributed by atoms with Gasteiger partial charge in [-0.25, -0.2) is 0 Å². The second-order valence-electron chi connectivity index (χ2n) is 11.7. The van der Waals surface area contributed by atoms with Crippen molar-refractivity contribution < 1.29 is 4.79 Å². The van der Waals surface area contributed by atoms with Crippen LogP contribution in [0.25, 0.3) is 0 Å². The van der Waals surface area contributed by atoms with E-state index < -0.39 is 0 Å². The Morgan fingerprint density at radius 2 is 1.85 bits per heavy atom. The SMILES string of the molecule is Cc1ccc(C[C@H](N)CN2C[C@@H](CC(C)C)N(C(=O)Cc3ccc(Cl)c(Cl)c3)C[C@@H]2CCCNC(=N)N)c(C)c1. The summed E-state index contributed by atoms with van der Waals surface area (Å²) in [5.41, 5.74) is 16.9. The van der Waals surface area contributed by atoms with Crippen molar-refractivity contribution >= 4 is 35.1 Å². The fourth-order valence-corrected chi connectivity index (χ4v) is 6.09. The van der Waals surface area contributed by atoms with Crippen molar-refractivity contribution in [1.29, 1.82) is 5.41 Å². The van der Waals surface area contributed by atoms with E-state index in [2.05, 4.69) is 61.0 Å². The van der Waals surface area contributed by atoms with E-state index in [1.165, 1.54) is 16.7 Å². The second kappa shape index (κ2) is 15.1. The second-order valence-corrected chi connectivity index (χ2v) is 12.6. The maximum atomic E-state index is 13.7. The van der Waals surface area contributed by atoms with Crippen LogP contribution < -0.4 is 16.8 Å². The summed E-state index contributed by atoms with van der Waals surface area (Å²) >= 11 is 12.3. The highest BCUT2D eigenvalue weighted by Gasteiger charge is 2.36. The van der Waals surface area contributed by atoms with Gasteiger partial charge in [0.1, 0.15) is 0 Å². The van der Waals surface area contributed by atoms with Crippen molar-refractivity contribution in [3.63, 3.8) is 0 Å². The van der Waals surface area contributed by atoms with Crippen LogP contribution >= 0.6 is 23.2 Å². The molecule has 6 N–H and O–H groups in total. The topological polar surface area (TPSA) is 111 Å². The Kier molecular flexibility index (Phi) is 12.1. The summed E-state index contributed by atoms with van der Waals surface area (Å²) in [6.07, 6.45) is 3.75. The van der Waals surface area contributed by atoms with Gasteiger partial charge >= 0.3 is 0 Å². The average Bonchev–Trinajstić information content (AvgIpc) is 2.86. The lowest BCUT2D eigenvalue weighted by atomic mass is 9.93. The van der Waals surface area contributed by atoms with E-state index >= 15 is 0 Å². The monoisotopic (exact) mass is 588 g/mol. The molecular formula is C31H46Cl2N6O. The third kappa shape index (κ3) is 9.65. The molecule has 0 bridgehead atoms. The summed E-state index contributed by atoms with van der Waals surface area (Å²) in [4.78, 5) is 18.3. The lowest BCUT2D eigenvalue weighted by molar-refractivity contribution is -0.138.